The van der Waals surface area contributed by atoms with Crippen molar-refractivity contribution in [2.24, 2.45) is 4.36 Å². The van der Waals surface area contributed by atoms with Gasteiger partial charge in [-0.15, -0.1) is 0 Å². The highest BCUT2D eigenvalue weighted by Crippen LogP contribution is 2.26. The van der Waals surface area contributed by atoms with Gasteiger partial charge in [0.2, 0.25) is 10.0 Å². The Hall–Kier alpha value is -2.92. The van der Waals surface area contributed by atoms with Crippen LogP contribution in [0.1, 0.15) is 19.4 Å². The third-order valence-corrected chi connectivity index (χ3v) is 5.18. The second kappa shape index (κ2) is 6.91. The summed E-state index contributed by atoms with van der Waals surface area (Å²) in [6.45, 7) is 4.94. The maximum absolute atomic E-state index is 13.4. The standard InChI is InChI=1S/C17H17N3O4S/c1-13-4-10-16(11-5-13)25(23,19-17(2,3)12-18)24-15-8-6-14(7-9-15)20(21)22/h4-11H,1-3H3/t25-/m1/s1. The highest BCUT2D eigenvalue weighted by Gasteiger charge is 2.24. The molecular formula is C17H17N3O4S. The minimum Gasteiger partial charge on any atom is -0.392 e. The van der Waals surface area contributed by atoms with E-state index in [-0.39, 0.29) is 11.4 Å². The molecule has 0 aliphatic heterocycles. The average Bonchev–Trinajstić information content (AvgIpc) is 2.55. The van der Waals surface area contributed by atoms with Crippen LogP contribution in [-0.4, -0.2) is 14.7 Å². The molecule has 0 aliphatic carbocycles. The van der Waals surface area contributed by atoms with Crippen molar-refractivity contribution in [2.45, 2.75) is 31.2 Å². The first-order valence-electron chi connectivity index (χ1n) is 7.35. The first-order chi connectivity index (χ1) is 11.6. The Morgan fingerprint density at radius 1 is 1.16 bits per heavy atom. The van der Waals surface area contributed by atoms with Crippen molar-refractivity contribution in [1.29, 1.82) is 5.26 Å². The molecule has 0 saturated carbocycles. The van der Waals surface area contributed by atoms with Crippen LogP contribution in [0.15, 0.2) is 57.8 Å². The molecule has 0 unspecified atom stereocenters. The van der Waals surface area contributed by atoms with Gasteiger partial charge in [-0.25, -0.2) is 4.21 Å². The fourth-order valence-corrected chi connectivity index (χ4v) is 3.64. The number of nitro benzene ring substituents is 1. The maximum atomic E-state index is 13.4. The second-order valence-corrected chi connectivity index (χ2v) is 7.66. The molecule has 0 heterocycles. The van der Waals surface area contributed by atoms with Crippen molar-refractivity contribution in [1.82, 2.24) is 0 Å². The highest BCUT2D eigenvalue weighted by molar-refractivity contribution is 7.89. The van der Waals surface area contributed by atoms with Crippen LogP contribution < -0.4 is 4.18 Å². The SMILES string of the molecule is Cc1ccc([S@](=O)(=NC(C)(C)C#N)Oc2ccc([N+](=O)[O-])cc2)cc1. The summed E-state index contributed by atoms with van der Waals surface area (Å²) in [5, 5.41) is 19.9. The van der Waals surface area contributed by atoms with Gasteiger partial charge in [0.25, 0.3) is 5.69 Å². The lowest BCUT2D eigenvalue weighted by Crippen LogP contribution is -2.20. The van der Waals surface area contributed by atoms with Crippen LogP contribution in [0.4, 0.5) is 5.69 Å². The van der Waals surface area contributed by atoms with E-state index in [1.165, 1.54) is 38.1 Å². The van der Waals surface area contributed by atoms with E-state index >= 15 is 0 Å². The molecule has 25 heavy (non-hydrogen) atoms. The van der Waals surface area contributed by atoms with E-state index in [9.17, 15) is 19.6 Å². The van der Waals surface area contributed by atoms with Crippen LogP contribution in [0.5, 0.6) is 5.75 Å². The van der Waals surface area contributed by atoms with Crippen LogP contribution in [0.25, 0.3) is 0 Å². The van der Waals surface area contributed by atoms with E-state index in [1.807, 2.05) is 13.0 Å². The first-order valence-corrected chi connectivity index (χ1v) is 8.79. The Labute approximate surface area is 146 Å². The lowest BCUT2D eigenvalue weighted by atomic mass is 10.1. The van der Waals surface area contributed by atoms with Crippen LogP contribution in [-0.2, 0) is 10.0 Å². The molecule has 2 aromatic carbocycles. The van der Waals surface area contributed by atoms with E-state index < -0.39 is 20.5 Å². The van der Waals surface area contributed by atoms with Gasteiger partial charge in [-0.3, -0.25) is 10.1 Å². The summed E-state index contributed by atoms with van der Waals surface area (Å²) in [5.74, 6) is 0.161. The molecular weight excluding hydrogens is 342 g/mol. The molecule has 0 amide bonds. The van der Waals surface area contributed by atoms with Gasteiger partial charge >= 0.3 is 0 Å². The summed E-state index contributed by atoms with van der Waals surface area (Å²) in [7, 11) is -3.41. The topological polar surface area (TPSA) is 106 Å². The molecule has 0 radical (unpaired) electrons. The smallest absolute Gasteiger partial charge is 0.269 e. The number of aryl methyl sites for hydroxylation is 1. The molecule has 8 heteroatoms. The molecule has 0 aromatic heterocycles. The van der Waals surface area contributed by atoms with Crippen molar-refractivity contribution in [3.05, 3.63) is 64.2 Å². The van der Waals surface area contributed by atoms with E-state index in [2.05, 4.69) is 4.36 Å². The van der Waals surface area contributed by atoms with Gasteiger partial charge in [-0.05, 0) is 45.0 Å². The monoisotopic (exact) mass is 359 g/mol. The van der Waals surface area contributed by atoms with Crippen LogP contribution in [0.3, 0.4) is 0 Å². The molecule has 130 valence electrons. The molecule has 7 nitrogen and oxygen atoms in total. The number of non-ortho nitro benzene ring substituents is 1. The summed E-state index contributed by atoms with van der Waals surface area (Å²) in [6, 6.07) is 14.0. The number of nitrogens with zero attached hydrogens (tertiary/aromatic N) is 3. The van der Waals surface area contributed by atoms with Gasteiger partial charge in [-0.1, -0.05) is 17.7 Å². The number of hydrogen-bond acceptors (Lipinski definition) is 6. The van der Waals surface area contributed by atoms with Gasteiger partial charge in [0.15, 0.2) is 5.54 Å². The van der Waals surface area contributed by atoms with Gasteiger partial charge < -0.3 is 4.18 Å². The Kier molecular flexibility index (Phi) is 5.09. The molecule has 2 aromatic rings. The number of benzene rings is 2. The van der Waals surface area contributed by atoms with Crippen LogP contribution >= 0.6 is 0 Å². The molecule has 2 rings (SSSR count). The molecule has 0 bridgehead atoms. The predicted octanol–water partition coefficient (Wildman–Crippen LogP) is 4.03. The zero-order valence-corrected chi connectivity index (χ0v) is 14.8. The first kappa shape index (κ1) is 18.4. The third-order valence-electron chi connectivity index (χ3n) is 3.20. The van der Waals surface area contributed by atoms with E-state index in [0.717, 1.165) is 5.56 Å². The fraction of sp³-hybridized carbons (Fsp3) is 0.235. The van der Waals surface area contributed by atoms with Gasteiger partial charge in [0.1, 0.15) is 5.75 Å². The van der Waals surface area contributed by atoms with Gasteiger partial charge in [-0.2, -0.15) is 9.62 Å². The Balaban J connectivity index is 2.53. The van der Waals surface area contributed by atoms with Gasteiger partial charge in [0.05, 0.1) is 15.9 Å². The highest BCUT2D eigenvalue weighted by atomic mass is 32.2. The molecule has 0 fully saturated rings. The van der Waals surface area contributed by atoms with Crippen molar-refractivity contribution < 1.29 is 13.3 Å². The third kappa shape index (κ3) is 4.55. The molecule has 0 aliphatic rings. The summed E-state index contributed by atoms with van der Waals surface area (Å²) < 4.78 is 23.1. The summed E-state index contributed by atoms with van der Waals surface area (Å²) in [4.78, 5) is 10.5. The van der Waals surface area contributed by atoms with Crippen LogP contribution in [0.2, 0.25) is 0 Å². The summed E-state index contributed by atoms with van der Waals surface area (Å²) in [5.41, 5.74) is -0.369. The number of hydrogen-bond donors (Lipinski definition) is 0. The zero-order valence-electron chi connectivity index (χ0n) is 14.0. The summed E-state index contributed by atoms with van der Waals surface area (Å²) >= 11 is 0. The lowest BCUT2D eigenvalue weighted by molar-refractivity contribution is -0.384. The summed E-state index contributed by atoms with van der Waals surface area (Å²) in [6.07, 6.45) is 0. The molecule has 0 saturated heterocycles. The normalized spacial score (nSPS) is 13.4. The number of rotatable bonds is 5. The van der Waals surface area contributed by atoms with E-state index in [4.69, 9.17) is 4.18 Å². The molecule has 1 atom stereocenters. The largest absolute Gasteiger partial charge is 0.392 e. The predicted molar refractivity (Wildman–Crippen MR) is 93.4 cm³/mol. The van der Waals surface area contributed by atoms with E-state index in [0.29, 0.717) is 4.90 Å². The Morgan fingerprint density at radius 3 is 2.20 bits per heavy atom. The quantitative estimate of drug-likeness (QED) is 0.592. The molecule has 0 N–H and O–H groups in total. The zero-order chi connectivity index (χ0) is 18.7. The van der Waals surface area contributed by atoms with Crippen LogP contribution in [0, 0.1) is 28.4 Å². The fourth-order valence-electron chi connectivity index (χ4n) is 1.90. The van der Waals surface area contributed by atoms with E-state index in [1.54, 1.807) is 24.3 Å². The molecule has 0 spiro atoms. The lowest BCUT2D eigenvalue weighted by Gasteiger charge is -2.17. The minimum absolute atomic E-state index is 0.108. The Bertz CT molecular complexity index is 935. The van der Waals surface area contributed by atoms with Crippen molar-refractivity contribution >= 4 is 15.7 Å². The van der Waals surface area contributed by atoms with Gasteiger partial charge in [0, 0.05) is 12.1 Å². The average molecular weight is 359 g/mol. The Morgan fingerprint density at radius 2 is 1.72 bits per heavy atom. The minimum atomic E-state index is -3.41. The maximum Gasteiger partial charge on any atom is 0.269 e. The van der Waals surface area contributed by atoms with Crippen molar-refractivity contribution in [2.75, 3.05) is 0 Å². The van der Waals surface area contributed by atoms with Crippen molar-refractivity contribution in [3.8, 4) is 11.8 Å². The number of nitriles is 1. The second-order valence-electron chi connectivity index (χ2n) is 5.88. The number of nitro groups is 1. The van der Waals surface area contributed by atoms with Crippen molar-refractivity contribution in [3.63, 3.8) is 0 Å².